The molecule has 32 heavy (non-hydrogen) atoms. The van der Waals surface area contributed by atoms with Crippen molar-refractivity contribution in [2.24, 2.45) is 0 Å². The predicted octanol–water partition coefficient (Wildman–Crippen LogP) is 4.43. The first-order chi connectivity index (χ1) is 15.6. The molecule has 0 aromatic heterocycles. The van der Waals surface area contributed by atoms with E-state index in [1.807, 2.05) is 67.6 Å². The van der Waals surface area contributed by atoms with E-state index in [2.05, 4.69) is 10.6 Å². The van der Waals surface area contributed by atoms with Gasteiger partial charge in [-0.25, -0.2) is 0 Å². The topological polar surface area (TPSA) is 76.7 Å². The highest BCUT2D eigenvalue weighted by atomic mass is 32.2. The van der Waals surface area contributed by atoms with E-state index in [0.29, 0.717) is 31.1 Å². The van der Waals surface area contributed by atoms with Gasteiger partial charge in [-0.05, 0) is 48.9 Å². The van der Waals surface area contributed by atoms with Crippen LogP contribution < -0.4 is 20.1 Å². The lowest BCUT2D eigenvalue weighted by Crippen LogP contribution is -2.24. The Morgan fingerprint density at radius 2 is 1.69 bits per heavy atom. The average molecular weight is 449 g/mol. The van der Waals surface area contributed by atoms with Crippen molar-refractivity contribution in [2.75, 3.05) is 24.3 Å². The molecule has 0 unspecified atom stereocenters. The second-order valence-electron chi connectivity index (χ2n) is 7.36. The first-order valence-electron chi connectivity index (χ1n) is 10.3. The summed E-state index contributed by atoms with van der Waals surface area (Å²) in [6, 6.07) is 20.6. The van der Waals surface area contributed by atoms with Crippen molar-refractivity contribution in [2.45, 2.75) is 18.4 Å². The van der Waals surface area contributed by atoms with E-state index in [4.69, 9.17) is 9.47 Å². The summed E-state index contributed by atoms with van der Waals surface area (Å²) in [5.41, 5.74) is 3.35. The van der Waals surface area contributed by atoms with Crippen LogP contribution in [0.15, 0.2) is 71.6 Å². The molecule has 0 saturated heterocycles. The van der Waals surface area contributed by atoms with E-state index in [1.54, 1.807) is 6.07 Å². The first kappa shape index (κ1) is 21.8. The monoisotopic (exact) mass is 448 g/mol. The van der Waals surface area contributed by atoms with E-state index in [1.165, 1.54) is 11.8 Å². The third kappa shape index (κ3) is 5.62. The fourth-order valence-electron chi connectivity index (χ4n) is 3.23. The van der Waals surface area contributed by atoms with Gasteiger partial charge in [0.2, 0.25) is 5.91 Å². The largest absolute Gasteiger partial charge is 0.486 e. The maximum absolute atomic E-state index is 12.8. The van der Waals surface area contributed by atoms with Gasteiger partial charge in [0.15, 0.2) is 11.5 Å². The lowest BCUT2D eigenvalue weighted by atomic mass is 10.1. The van der Waals surface area contributed by atoms with E-state index >= 15 is 0 Å². The summed E-state index contributed by atoms with van der Waals surface area (Å²) in [6.45, 7) is 3.42. The zero-order valence-electron chi connectivity index (χ0n) is 17.7. The number of hydrogen-bond acceptors (Lipinski definition) is 5. The van der Waals surface area contributed by atoms with Crippen molar-refractivity contribution in [1.29, 1.82) is 0 Å². The molecule has 1 heterocycles. The number of carbonyl (C=O) groups excluding carboxylic acids is 2. The van der Waals surface area contributed by atoms with Gasteiger partial charge >= 0.3 is 0 Å². The Morgan fingerprint density at radius 3 is 2.50 bits per heavy atom. The number of carbonyl (C=O) groups is 2. The molecule has 0 atom stereocenters. The van der Waals surface area contributed by atoms with E-state index < -0.39 is 0 Å². The molecule has 2 N–H and O–H groups in total. The molecule has 0 saturated carbocycles. The van der Waals surface area contributed by atoms with Crippen molar-refractivity contribution < 1.29 is 19.1 Å². The second-order valence-corrected chi connectivity index (χ2v) is 8.38. The van der Waals surface area contributed by atoms with Gasteiger partial charge in [0.05, 0.1) is 11.3 Å². The van der Waals surface area contributed by atoms with Crippen LogP contribution in [0, 0.1) is 6.92 Å². The summed E-state index contributed by atoms with van der Waals surface area (Å²) in [4.78, 5) is 25.9. The molecule has 0 radical (unpaired) electrons. The van der Waals surface area contributed by atoms with Crippen LogP contribution in [-0.4, -0.2) is 30.8 Å². The smallest absolute Gasteiger partial charge is 0.252 e. The molecule has 2 amide bonds. The first-order valence-corrected chi connectivity index (χ1v) is 11.3. The number of nitrogens with one attached hydrogen (secondary N) is 2. The van der Waals surface area contributed by atoms with Crippen LogP contribution in [0.3, 0.4) is 0 Å². The Morgan fingerprint density at radius 1 is 0.938 bits per heavy atom. The SMILES string of the molecule is Cc1ccc(NC(=O)CSc2ccccc2C(=O)NCc2ccc3c(c2)OCCO3)cc1. The molecular weight excluding hydrogens is 424 g/mol. The van der Waals surface area contributed by atoms with Gasteiger partial charge in [0.25, 0.3) is 5.91 Å². The van der Waals surface area contributed by atoms with Crippen LogP contribution in [0.2, 0.25) is 0 Å². The van der Waals surface area contributed by atoms with Crippen LogP contribution in [-0.2, 0) is 11.3 Å². The third-order valence-corrected chi connectivity index (χ3v) is 5.96. The minimum absolute atomic E-state index is 0.120. The molecular formula is C25H24N2O4S. The number of aryl methyl sites for hydroxylation is 1. The van der Waals surface area contributed by atoms with Crippen LogP contribution in [0.4, 0.5) is 5.69 Å². The van der Waals surface area contributed by atoms with Crippen LogP contribution in [0.5, 0.6) is 11.5 Å². The molecule has 1 aliphatic heterocycles. The Balaban J connectivity index is 1.34. The summed E-state index contributed by atoms with van der Waals surface area (Å²) in [6.07, 6.45) is 0. The number of benzene rings is 3. The van der Waals surface area contributed by atoms with Gasteiger partial charge in [-0.2, -0.15) is 0 Å². The number of thioether (sulfide) groups is 1. The lowest BCUT2D eigenvalue weighted by molar-refractivity contribution is -0.113. The fourth-order valence-corrected chi connectivity index (χ4v) is 4.08. The van der Waals surface area contributed by atoms with Crippen molar-refractivity contribution in [1.82, 2.24) is 5.32 Å². The van der Waals surface area contributed by atoms with Gasteiger partial charge in [-0.15, -0.1) is 11.8 Å². The Labute approximate surface area is 191 Å². The van der Waals surface area contributed by atoms with Crippen molar-refractivity contribution in [3.8, 4) is 11.5 Å². The minimum Gasteiger partial charge on any atom is -0.486 e. The maximum Gasteiger partial charge on any atom is 0.252 e. The van der Waals surface area contributed by atoms with Crippen LogP contribution in [0.1, 0.15) is 21.5 Å². The van der Waals surface area contributed by atoms with Gasteiger partial charge in [0, 0.05) is 17.1 Å². The highest BCUT2D eigenvalue weighted by Crippen LogP contribution is 2.30. The second kappa shape index (κ2) is 10.2. The van der Waals surface area contributed by atoms with Crippen molar-refractivity contribution in [3.05, 3.63) is 83.4 Å². The number of ether oxygens (including phenoxy) is 2. The maximum atomic E-state index is 12.8. The molecule has 4 rings (SSSR count). The zero-order chi connectivity index (χ0) is 22.3. The standard InChI is InChI=1S/C25H24N2O4S/c1-17-6-9-19(10-7-17)27-24(28)16-32-23-5-3-2-4-20(23)25(29)26-15-18-8-11-21-22(14-18)31-13-12-30-21/h2-11,14H,12-13,15-16H2,1H3,(H,26,29)(H,27,28). The van der Waals surface area contributed by atoms with Crippen molar-refractivity contribution in [3.63, 3.8) is 0 Å². The number of hydrogen-bond donors (Lipinski definition) is 2. The number of rotatable bonds is 7. The van der Waals surface area contributed by atoms with Gasteiger partial charge < -0.3 is 20.1 Å². The lowest BCUT2D eigenvalue weighted by Gasteiger charge is -2.19. The van der Waals surface area contributed by atoms with E-state index in [9.17, 15) is 9.59 Å². The fraction of sp³-hybridized carbons (Fsp3) is 0.200. The van der Waals surface area contributed by atoms with Gasteiger partial charge in [-0.1, -0.05) is 35.9 Å². The molecule has 0 aliphatic carbocycles. The molecule has 1 aliphatic rings. The highest BCUT2D eigenvalue weighted by molar-refractivity contribution is 8.00. The molecule has 3 aromatic rings. The predicted molar refractivity (Wildman–Crippen MR) is 126 cm³/mol. The number of fused-ring (bicyclic) bond motifs is 1. The summed E-state index contributed by atoms with van der Waals surface area (Å²) in [7, 11) is 0. The molecule has 164 valence electrons. The van der Waals surface area contributed by atoms with E-state index in [0.717, 1.165) is 27.5 Å². The molecule has 3 aromatic carbocycles. The Kier molecular flexibility index (Phi) is 6.97. The third-order valence-electron chi connectivity index (χ3n) is 4.89. The number of anilines is 1. The van der Waals surface area contributed by atoms with Gasteiger partial charge in [0.1, 0.15) is 13.2 Å². The molecule has 7 heteroatoms. The average Bonchev–Trinajstić information content (AvgIpc) is 2.82. The highest BCUT2D eigenvalue weighted by Gasteiger charge is 2.15. The summed E-state index contributed by atoms with van der Waals surface area (Å²) in [5, 5.41) is 5.82. The van der Waals surface area contributed by atoms with Crippen LogP contribution >= 0.6 is 11.8 Å². The summed E-state index contributed by atoms with van der Waals surface area (Å²) >= 11 is 1.34. The molecule has 6 nitrogen and oxygen atoms in total. The normalized spacial score (nSPS) is 12.2. The minimum atomic E-state index is -0.193. The van der Waals surface area contributed by atoms with Gasteiger partial charge in [-0.3, -0.25) is 9.59 Å². The molecule has 0 fully saturated rings. The summed E-state index contributed by atoms with van der Waals surface area (Å²) < 4.78 is 11.1. The zero-order valence-corrected chi connectivity index (χ0v) is 18.5. The Hall–Kier alpha value is -3.45. The Bertz CT molecular complexity index is 1120. The van der Waals surface area contributed by atoms with Crippen molar-refractivity contribution >= 4 is 29.3 Å². The summed E-state index contributed by atoms with van der Waals surface area (Å²) in [5.74, 6) is 1.31. The van der Waals surface area contributed by atoms with Crippen LogP contribution in [0.25, 0.3) is 0 Å². The quantitative estimate of drug-likeness (QED) is 0.523. The van der Waals surface area contributed by atoms with E-state index in [-0.39, 0.29) is 17.6 Å². The number of amides is 2. The molecule has 0 spiro atoms. The molecule has 0 bridgehead atoms.